The van der Waals surface area contributed by atoms with Crippen molar-refractivity contribution in [1.82, 2.24) is 0 Å². The number of allylic oxidation sites excluding steroid dienone is 1. The van der Waals surface area contributed by atoms with E-state index in [4.69, 9.17) is 9.57 Å². The number of benzene rings is 1. The molecule has 4 heteroatoms. The van der Waals surface area contributed by atoms with Crippen molar-refractivity contribution in [2.24, 2.45) is 5.16 Å². The predicted molar refractivity (Wildman–Crippen MR) is 69.4 cm³/mol. The van der Waals surface area contributed by atoms with E-state index in [-0.39, 0.29) is 5.97 Å². The van der Waals surface area contributed by atoms with Crippen LogP contribution in [0, 0.1) is 0 Å². The SMILES string of the molecule is CCOC(=O)CCC1=NOc2ccccc2C=C1. The molecule has 0 N–H and O–H groups in total. The summed E-state index contributed by atoms with van der Waals surface area (Å²) in [5.41, 5.74) is 1.71. The summed E-state index contributed by atoms with van der Waals surface area (Å²) in [6.45, 7) is 2.20. The van der Waals surface area contributed by atoms with Crippen molar-refractivity contribution in [2.75, 3.05) is 6.61 Å². The van der Waals surface area contributed by atoms with Crippen molar-refractivity contribution >= 4 is 17.8 Å². The molecular formula is C14H15NO3. The number of ether oxygens (including phenoxy) is 1. The number of para-hydroxylation sites is 1. The van der Waals surface area contributed by atoms with Gasteiger partial charge in [-0.1, -0.05) is 23.4 Å². The summed E-state index contributed by atoms with van der Waals surface area (Å²) in [5, 5.41) is 4.02. The molecule has 4 nitrogen and oxygen atoms in total. The van der Waals surface area contributed by atoms with Crippen LogP contribution in [0.5, 0.6) is 5.75 Å². The van der Waals surface area contributed by atoms with Gasteiger partial charge in [0, 0.05) is 12.0 Å². The normalized spacial score (nSPS) is 13.1. The third-order valence-corrected chi connectivity index (χ3v) is 2.53. The van der Waals surface area contributed by atoms with Gasteiger partial charge in [0.25, 0.3) is 0 Å². The molecule has 1 aliphatic rings. The van der Waals surface area contributed by atoms with Crippen molar-refractivity contribution in [3.63, 3.8) is 0 Å². The molecule has 0 amide bonds. The lowest BCUT2D eigenvalue weighted by atomic mass is 10.1. The molecule has 0 atom stereocenters. The minimum Gasteiger partial charge on any atom is -0.466 e. The van der Waals surface area contributed by atoms with Crippen molar-refractivity contribution < 1.29 is 14.4 Å². The summed E-state index contributed by atoms with van der Waals surface area (Å²) in [6, 6.07) is 7.65. The number of esters is 1. The van der Waals surface area contributed by atoms with Gasteiger partial charge in [0.15, 0.2) is 5.75 Å². The largest absolute Gasteiger partial charge is 0.466 e. The molecule has 1 aromatic rings. The van der Waals surface area contributed by atoms with Gasteiger partial charge in [-0.3, -0.25) is 4.79 Å². The van der Waals surface area contributed by atoms with Crippen LogP contribution in [0.2, 0.25) is 0 Å². The lowest BCUT2D eigenvalue weighted by Crippen LogP contribution is -2.06. The fourth-order valence-corrected chi connectivity index (χ4v) is 1.62. The maximum atomic E-state index is 11.2. The van der Waals surface area contributed by atoms with E-state index >= 15 is 0 Å². The van der Waals surface area contributed by atoms with Gasteiger partial charge in [-0.15, -0.1) is 0 Å². The van der Waals surface area contributed by atoms with Crippen molar-refractivity contribution in [1.29, 1.82) is 0 Å². The smallest absolute Gasteiger partial charge is 0.306 e. The number of fused-ring (bicyclic) bond motifs is 1. The first-order valence-corrected chi connectivity index (χ1v) is 5.96. The summed E-state index contributed by atoms with van der Waals surface area (Å²) in [6.07, 6.45) is 4.64. The molecule has 0 saturated heterocycles. The number of carbonyl (C=O) groups excluding carboxylic acids is 1. The molecule has 0 saturated carbocycles. The minimum absolute atomic E-state index is 0.213. The predicted octanol–water partition coefficient (Wildman–Crippen LogP) is 2.79. The van der Waals surface area contributed by atoms with Gasteiger partial charge < -0.3 is 9.57 Å². The third-order valence-electron chi connectivity index (χ3n) is 2.53. The van der Waals surface area contributed by atoms with E-state index in [0.717, 1.165) is 17.0 Å². The molecule has 1 heterocycles. The Bertz CT molecular complexity index is 492. The Kier molecular flexibility index (Phi) is 4.12. The first-order chi connectivity index (χ1) is 8.79. The maximum absolute atomic E-state index is 11.2. The molecular weight excluding hydrogens is 230 g/mol. The molecule has 1 aromatic carbocycles. The molecule has 94 valence electrons. The van der Waals surface area contributed by atoms with E-state index in [1.807, 2.05) is 36.4 Å². The molecule has 0 fully saturated rings. The molecule has 0 aliphatic carbocycles. The first kappa shape index (κ1) is 12.4. The van der Waals surface area contributed by atoms with Gasteiger partial charge >= 0.3 is 5.97 Å². The standard InChI is InChI=1S/C14H15NO3/c1-2-17-14(16)10-9-12-8-7-11-5-3-4-6-13(11)18-15-12/h3-8H,2,9-10H2,1H3. The first-order valence-electron chi connectivity index (χ1n) is 5.96. The highest BCUT2D eigenvalue weighted by molar-refractivity contribution is 6.00. The van der Waals surface area contributed by atoms with E-state index in [0.29, 0.717) is 19.4 Å². The number of hydrogen-bond acceptors (Lipinski definition) is 4. The molecule has 0 spiro atoms. The van der Waals surface area contributed by atoms with Crippen LogP contribution in [-0.2, 0) is 9.53 Å². The van der Waals surface area contributed by atoms with Crippen LogP contribution < -0.4 is 4.84 Å². The van der Waals surface area contributed by atoms with E-state index in [2.05, 4.69) is 5.16 Å². The average Bonchev–Trinajstić information content (AvgIpc) is 2.59. The Morgan fingerprint density at radius 3 is 3.00 bits per heavy atom. The maximum Gasteiger partial charge on any atom is 0.306 e. The zero-order chi connectivity index (χ0) is 12.8. The van der Waals surface area contributed by atoms with Crippen molar-refractivity contribution in [3.05, 3.63) is 35.9 Å². The highest BCUT2D eigenvalue weighted by atomic mass is 16.6. The van der Waals surface area contributed by atoms with Crippen molar-refractivity contribution in [3.8, 4) is 5.75 Å². The molecule has 2 rings (SSSR count). The lowest BCUT2D eigenvalue weighted by molar-refractivity contribution is -0.142. The topological polar surface area (TPSA) is 47.9 Å². The Balaban J connectivity index is 1.97. The summed E-state index contributed by atoms with van der Waals surface area (Å²) in [5.74, 6) is 0.509. The van der Waals surface area contributed by atoms with Crippen LogP contribution in [0.25, 0.3) is 6.08 Å². The van der Waals surface area contributed by atoms with Gasteiger partial charge in [-0.25, -0.2) is 0 Å². The Morgan fingerprint density at radius 1 is 1.33 bits per heavy atom. The number of rotatable bonds is 4. The Labute approximate surface area is 106 Å². The Morgan fingerprint density at radius 2 is 2.17 bits per heavy atom. The van der Waals surface area contributed by atoms with Gasteiger partial charge in [0.05, 0.1) is 18.7 Å². The third kappa shape index (κ3) is 3.20. The lowest BCUT2D eigenvalue weighted by Gasteiger charge is -2.02. The van der Waals surface area contributed by atoms with Crippen LogP contribution in [0.3, 0.4) is 0 Å². The second-order valence-corrected chi connectivity index (χ2v) is 3.85. The monoisotopic (exact) mass is 245 g/mol. The van der Waals surface area contributed by atoms with E-state index < -0.39 is 0 Å². The molecule has 0 unspecified atom stereocenters. The second-order valence-electron chi connectivity index (χ2n) is 3.85. The highest BCUT2D eigenvalue weighted by Crippen LogP contribution is 2.22. The number of nitrogens with zero attached hydrogens (tertiary/aromatic N) is 1. The van der Waals surface area contributed by atoms with Gasteiger partial charge in [0.2, 0.25) is 0 Å². The summed E-state index contributed by atoms with van der Waals surface area (Å²) in [4.78, 5) is 16.6. The summed E-state index contributed by atoms with van der Waals surface area (Å²) >= 11 is 0. The molecule has 1 aliphatic heterocycles. The van der Waals surface area contributed by atoms with Crippen molar-refractivity contribution in [2.45, 2.75) is 19.8 Å². The van der Waals surface area contributed by atoms with Gasteiger partial charge in [-0.05, 0) is 25.1 Å². The second kappa shape index (κ2) is 6.00. The number of carbonyl (C=O) groups is 1. The van der Waals surface area contributed by atoms with Crippen LogP contribution in [0.4, 0.5) is 0 Å². The van der Waals surface area contributed by atoms with E-state index in [1.165, 1.54) is 0 Å². The van der Waals surface area contributed by atoms with E-state index in [1.54, 1.807) is 6.92 Å². The zero-order valence-corrected chi connectivity index (χ0v) is 10.3. The van der Waals surface area contributed by atoms with Gasteiger partial charge in [-0.2, -0.15) is 0 Å². The highest BCUT2D eigenvalue weighted by Gasteiger charge is 2.08. The molecule has 18 heavy (non-hydrogen) atoms. The average molecular weight is 245 g/mol. The number of oxime groups is 1. The minimum atomic E-state index is -0.213. The molecule has 0 bridgehead atoms. The Hall–Kier alpha value is -2.10. The van der Waals surface area contributed by atoms with Crippen LogP contribution in [0.1, 0.15) is 25.3 Å². The fraction of sp³-hybridized carbons (Fsp3) is 0.286. The fourth-order valence-electron chi connectivity index (χ4n) is 1.62. The van der Waals surface area contributed by atoms with Crippen LogP contribution in [-0.4, -0.2) is 18.3 Å². The van der Waals surface area contributed by atoms with Gasteiger partial charge in [0.1, 0.15) is 0 Å². The molecule has 0 aromatic heterocycles. The van der Waals surface area contributed by atoms with Crippen LogP contribution in [0.15, 0.2) is 35.5 Å². The van der Waals surface area contributed by atoms with E-state index in [9.17, 15) is 4.79 Å². The van der Waals surface area contributed by atoms with Crippen LogP contribution >= 0.6 is 0 Å². The molecule has 0 radical (unpaired) electrons. The summed E-state index contributed by atoms with van der Waals surface area (Å²) in [7, 11) is 0. The summed E-state index contributed by atoms with van der Waals surface area (Å²) < 4.78 is 4.87. The quantitative estimate of drug-likeness (QED) is 0.766. The zero-order valence-electron chi connectivity index (χ0n) is 10.3. The number of hydrogen-bond donors (Lipinski definition) is 0.